The maximum absolute atomic E-state index is 13.8. The number of benzene rings is 1. The van der Waals surface area contributed by atoms with Gasteiger partial charge in [0.25, 0.3) is 0 Å². The lowest BCUT2D eigenvalue weighted by Gasteiger charge is -2.40. The molecular formula is C29H47N3O4. The van der Waals surface area contributed by atoms with Crippen LogP contribution < -0.4 is 10.6 Å². The SMILES string of the molecule is CCOC(=O)/C(C)=C/[C@@H](C(C)C)N(C)C(=O)[C@@H](NC(=O)[C@@H](NC)C(C)(C)c1ccccc1)C(C)(C)C. The third-order valence-corrected chi connectivity index (χ3v) is 6.69. The number of rotatable bonds is 11. The van der Waals surface area contributed by atoms with Crippen molar-refractivity contribution in [2.24, 2.45) is 11.3 Å². The summed E-state index contributed by atoms with van der Waals surface area (Å²) in [6.07, 6.45) is 1.77. The Bertz CT molecular complexity index is 916. The molecule has 0 aromatic heterocycles. The fourth-order valence-electron chi connectivity index (χ4n) is 4.40. The van der Waals surface area contributed by atoms with Gasteiger partial charge in [0.05, 0.1) is 18.7 Å². The topological polar surface area (TPSA) is 87.7 Å². The molecule has 2 amide bonds. The van der Waals surface area contributed by atoms with Gasteiger partial charge in [-0.15, -0.1) is 0 Å². The Morgan fingerprint density at radius 2 is 1.58 bits per heavy atom. The zero-order valence-electron chi connectivity index (χ0n) is 24.1. The number of carbonyl (C=O) groups excluding carboxylic acids is 3. The van der Waals surface area contributed by atoms with Gasteiger partial charge in [0, 0.05) is 18.0 Å². The third-order valence-electron chi connectivity index (χ3n) is 6.69. The number of ether oxygens (including phenoxy) is 1. The number of hydrogen-bond donors (Lipinski definition) is 2. The minimum absolute atomic E-state index is 0.0433. The van der Waals surface area contributed by atoms with E-state index in [9.17, 15) is 14.4 Å². The van der Waals surface area contributed by atoms with Crippen LogP contribution in [0.15, 0.2) is 42.0 Å². The normalized spacial score (nSPS) is 15.2. The minimum Gasteiger partial charge on any atom is -0.463 e. The lowest BCUT2D eigenvalue weighted by molar-refractivity contribution is -0.141. The van der Waals surface area contributed by atoms with Gasteiger partial charge in [-0.2, -0.15) is 0 Å². The Labute approximate surface area is 218 Å². The number of nitrogens with one attached hydrogen (secondary N) is 2. The molecule has 3 atom stereocenters. The van der Waals surface area contributed by atoms with Gasteiger partial charge in [0.2, 0.25) is 11.8 Å². The number of amides is 2. The van der Waals surface area contributed by atoms with Gasteiger partial charge in [-0.05, 0) is 37.8 Å². The van der Waals surface area contributed by atoms with Gasteiger partial charge >= 0.3 is 5.97 Å². The quantitative estimate of drug-likeness (QED) is 0.352. The lowest BCUT2D eigenvalue weighted by atomic mass is 9.76. The zero-order chi connectivity index (χ0) is 27.8. The van der Waals surface area contributed by atoms with E-state index < -0.39 is 28.9 Å². The highest BCUT2D eigenvalue weighted by molar-refractivity contribution is 5.92. The fourth-order valence-corrected chi connectivity index (χ4v) is 4.40. The first-order chi connectivity index (χ1) is 16.6. The highest BCUT2D eigenvalue weighted by Crippen LogP contribution is 2.29. The van der Waals surface area contributed by atoms with Crippen LogP contribution in [0.2, 0.25) is 0 Å². The van der Waals surface area contributed by atoms with Crippen molar-refractivity contribution in [3.8, 4) is 0 Å². The van der Waals surface area contributed by atoms with Gasteiger partial charge in [-0.3, -0.25) is 9.59 Å². The first-order valence-corrected chi connectivity index (χ1v) is 12.7. The van der Waals surface area contributed by atoms with Crippen molar-refractivity contribution < 1.29 is 19.1 Å². The number of hydrogen-bond acceptors (Lipinski definition) is 5. The third kappa shape index (κ3) is 7.92. The molecule has 0 saturated carbocycles. The van der Waals surface area contributed by atoms with Crippen LogP contribution in [0.1, 0.15) is 67.9 Å². The standard InChI is InChI=1S/C29H47N3O4/c1-12-36-27(35)20(4)18-22(19(2)3)32(11)26(34)24(28(5,6)7)31-25(33)23(30-10)29(8,9)21-16-14-13-15-17-21/h13-19,22-24,30H,12H2,1-11H3,(H,31,33)/b20-18+/t22-,23+,24+/m0/s1. The molecule has 0 spiro atoms. The van der Waals surface area contributed by atoms with Crippen molar-refractivity contribution in [1.82, 2.24) is 15.5 Å². The Morgan fingerprint density at radius 1 is 1.03 bits per heavy atom. The van der Waals surface area contributed by atoms with Crippen LogP contribution in [0.4, 0.5) is 0 Å². The lowest BCUT2D eigenvalue weighted by Crippen LogP contribution is -2.61. The van der Waals surface area contributed by atoms with E-state index in [0.29, 0.717) is 5.57 Å². The number of nitrogens with zero attached hydrogens (tertiary/aromatic N) is 1. The van der Waals surface area contributed by atoms with E-state index in [1.165, 1.54) is 0 Å². The molecule has 0 aliphatic heterocycles. The molecule has 7 nitrogen and oxygen atoms in total. The summed E-state index contributed by atoms with van der Waals surface area (Å²) in [6.45, 7) is 17.6. The second kappa shape index (κ2) is 13.0. The average Bonchev–Trinajstić information content (AvgIpc) is 2.80. The van der Waals surface area contributed by atoms with Crippen molar-refractivity contribution in [3.05, 3.63) is 47.5 Å². The molecule has 0 bridgehead atoms. The predicted molar refractivity (Wildman–Crippen MR) is 145 cm³/mol. The molecule has 2 N–H and O–H groups in total. The molecule has 1 aromatic carbocycles. The van der Waals surface area contributed by atoms with Crippen LogP contribution in [0.3, 0.4) is 0 Å². The molecule has 1 aromatic rings. The monoisotopic (exact) mass is 501 g/mol. The smallest absolute Gasteiger partial charge is 0.333 e. The zero-order valence-corrected chi connectivity index (χ0v) is 24.1. The van der Waals surface area contributed by atoms with E-state index >= 15 is 0 Å². The summed E-state index contributed by atoms with van der Waals surface area (Å²) in [5.41, 5.74) is 0.413. The highest BCUT2D eigenvalue weighted by atomic mass is 16.5. The molecule has 7 heteroatoms. The van der Waals surface area contributed by atoms with Gasteiger partial charge in [0.1, 0.15) is 6.04 Å². The van der Waals surface area contributed by atoms with Gasteiger partial charge in [0.15, 0.2) is 0 Å². The van der Waals surface area contributed by atoms with Gasteiger partial charge < -0.3 is 20.3 Å². The minimum atomic E-state index is -0.769. The highest BCUT2D eigenvalue weighted by Gasteiger charge is 2.41. The summed E-state index contributed by atoms with van der Waals surface area (Å²) in [6, 6.07) is 8.19. The second-order valence-electron chi connectivity index (χ2n) is 11.4. The van der Waals surface area contributed by atoms with E-state index in [1.807, 2.05) is 78.8 Å². The molecule has 0 aliphatic rings. The van der Waals surface area contributed by atoms with Crippen LogP contribution in [-0.4, -0.2) is 61.5 Å². The van der Waals surface area contributed by atoms with Crippen LogP contribution in [-0.2, 0) is 24.5 Å². The van der Waals surface area contributed by atoms with Crippen molar-refractivity contribution in [2.45, 2.75) is 85.9 Å². The molecule has 0 fully saturated rings. The molecule has 36 heavy (non-hydrogen) atoms. The van der Waals surface area contributed by atoms with E-state index in [1.54, 1.807) is 38.9 Å². The number of esters is 1. The summed E-state index contributed by atoms with van der Waals surface area (Å²) in [7, 11) is 3.48. The summed E-state index contributed by atoms with van der Waals surface area (Å²) >= 11 is 0. The second-order valence-corrected chi connectivity index (χ2v) is 11.4. The Morgan fingerprint density at radius 3 is 2.03 bits per heavy atom. The predicted octanol–water partition coefficient (Wildman–Crippen LogP) is 4.08. The van der Waals surface area contributed by atoms with Crippen molar-refractivity contribution >= 4 is 17.8 Å². The Balaban J connectivity index is 3.28. The van der Waals surface area contributed by atoms with Crippen LogP contribution in [0, 0.1) is 11.3 Å². The van der Waals surface area contributed by atoms with E-state index in [0.717, 1.165) is 5.56 Å². The van der Waals surface area contributed by atoms with Gasteiger partial charge in [-0.25, -0.2) is 4.79 Å². The molecule has 0 saturated heterocycles. The molecule has 1 rings (SSSR count). The van der Waals surface area contributed by atoms with E-state index in [-0.39, 0.29) is 30.4 Å². The molecule has 0 radical (unpaired) electrons. The molecule has 202 valence electrons. The van der Waals surface area contributed by atoms with Crippen LogP contribution in [0.5, 0.6) is 0 Å². The average molecular weight is 502 g/mol. The number of carbonyl (C=O) groups is 3. The fraction of sp³-hybridized carbons (Fsp3) is 0.621. The largest absolute Gasteiger partial charge is 0.463 e. The van der Waals surface area contributed by atoms with Crippen LogP contribution in [0.25, 0.3) is 0 Å². The summed E-state index contributed by atoms with van der Waals surface area (Å²) in [5, 5.41) is 6.21. The Kier molecular flexibility index (Phi) is 11.4. The maximum Gasteiger partial charge on any atom is 0.333 e. The summed E-state index contributed by atoms with van der Waals surface area (Å²) < 4.78 is 5.11. The summed E-state index contributed by atoms with van der Waals surface area (Å²) in [4.78, 5) is 41.2. The molecular weight excluding hydrogens is 454 g/mol. The van der Waals surface area contributed by atoms with Crippen molar-refractivity contribution in [2.75, 3.05) is 20.7 Å². The molecule has 0 aliphatic carbocycles. The number of likely N-dealkylation sites (N-methyl/N-ethyl adjacent to an activating group) is 2. The van der Waals surface area contributed by atoms with Crippen molar-refractivity contribution in [1.29, 1.82) is 0 Å². The Hall–Kier alpha value is -2.67. The van der Waals surface area contributed by atoms with Gasteiger partial charge in [-0.1, -0.05) is 84.9 Å². The molecule has 0 heterocycles. The van der Waals surface area contributed by atoms with Crippen LogP contribution >= 0.6 is 0 Å². The first-order valence-electron chi connectivity index (χ1n) is 12.7. The van der Waals surface area contributed by atoms with E-state index in [2.05, 4.69) is 10.6 Å². The van der Waals surface area contributed by atoms with Crippen molar-refractivity contribution in [3.63, 3.8) is 0 Å². The van der Waals surface area contributed by atoms with E-state index in [4.69, 9.17) is 4.74 Å². The summed E-state index contributed by atoms with van der Waals surface area (Å²) in [5.74, 6) is -0.811. The first kappa shape index (κ1) is 31.4. The maximum atomic E-state index is 13.8. The molecule has 0 unspecified atom stereocenters.